The quantitative estimate of drug-likeness (QED) is 0.423. The van der Waals surface area contributed by atoms with Gasteiger partial charge in [0, 0.05) is 25.3 Å². The number of amides is 3. The molecule has 1 aromatic carbocycles. The highest BCUT2D eigenvalue weighted by Gasteiger charge is 2.37. The van der Waals surface area contributed by atoms with Crippen LogP contribution in [0.15, 0.2) is 30.3 Å². The molecule has 4 rings (SSSR count). The van der Waals surface area contributed by atoms with E-state index in [9.17, 15) is 27.6 Å². The number of thiophene rings is 1. The van der Waals surface area contributed by atoms with Crippen molar-refractivity contribution in [1.82, 2.24) is 10.2 Å². The van der Waals surface area contributed by atoms with Crippen molar-refractivity contribution in [2.24, 2.45) is 5.92 Å². The standard InChI is InChI=1S/C26H30ClF3N4O4S/c1-2-33(14-16-4-3-5-16)20(13-31-25(37)21-8-9-22(27)39-21)24(36)32-19-7-6-17(12-18(19)26(28,29)30)34-10-11-38-15-23(34)35/h6-9,12,16,20H,2-5,10-11,13-15H2,1H3,(H,31,37)(H,32,36)/t20-/m0/s1. The molecule has 212 valence electrons. The van der Waals surface area contributed by atoms with Crippen LogP contribution in [-0.2, 0) is 20.5 Å². The molecule has 1 saturated heterocycles. The molecule has 0 radical (unpaired) electrons. The highest BCUT2D eigenvalue weighted by Crippen LogP contribution is 2.38. The molecule has 1 atom stereocenters. The fourth-order valence-corrected chi connectivity index (χ4v) is 5.59. The maximum atomic E-state index is 14.1. The molecular formula is C26H30ClF3N4O4S. The van der Waals surface area contributed by atoms with Crippen LogP contribution in [0.25, 0.3) is 0 Å². The second kappa shape index (κ2) is 12.7. The smallest absolute Gasteiger partial charge is 0.370 e. The van der Waals surface area contributed by atoms with E-state index < -0.39 is 41.2 Å². The first-order valence-electron chi connectivity index (χ1n) is 12.7. The molecule has 2 aromatic rings. The third-order valence-electron chi connectivity index (χ3n) is 6.98. The van der Waals surface area contributed by atoms with E-state index in [4.69, 9.17) is 16.3 Å². The Morgan fingerprint density at radius 2 is 2.03 bits per heavy atom. The highest BCUT2D eigenvalue weighted by atomic mass is 35.5. The van der Waals surface area contributed by atoms with Crippen LogP contribution in [-0.4, -0.2) is 68.1 Å². The fourth-order valence-electron chi connectivity index (χ4n) is 4.63. The molecule has 0 unspecified atom stereocenters. The van der Waals surface area contributed by atoms with Crippen molar-refractivity contribution in [3.05, 3.63) is 45.1 Å². The second-order valence-electron chi connectivity index (χ2n) is 9.53. The van der Waals surface area contributed by atoms with Crippen LogP contribution in [0.1, 0.15) is 41.4 Å². The third kappa shape index (κ3) is 7.30. The van der Waals surface area contributed by atoms with Crippen molar-refractivity contribution < 1.29 is 32.3 Å². The lowest BCUT2D eigenvalue weighted by Gasteiger charge is -2.36. The molecule has 1 aliphatic carbocycles. The Bertz CT molecular complexity index is 1200. The predicted molar refractivity (Wildman–Crippen MR) is 143 cm³/mol. The van der Waals surface area contributed by atoms with Gasteiger partial charge in [-0.1, -0.05) is 24.9 Å². The Morgan fingerprint density at radius 3 is 2.62 bits per heavy atom. The largest absolute Gasteiger partial charge is 0.418 e. The first-order chi connectivity index (χ1) is 18.6. The van der Waals surface area contributed by atoms with Gasteiger partial charge in [0.05, 0.1) is 27.1 Å². The minimum Gasteiger partial charge on any atom is -0.370 e. The van der Waals surface area contributed by atoms with E-state index in [1.54, 1.807) is 12.1 Å². The summed E-state index contributed by atoms with van der Waals surface area (Å²) in [6, 6.07) is 5.65. The number of hydrogen-bond acceptors (Lipinski definition) is 6. The van der Waals surface area contributed by atoms with Gasteiger partial charge in [-0.05, 0) is 55.6 Å². The van der Waals surface area contributed by atoms with Crippen molar-refractivity contribution in [2.75, 3.05) is 49.6 Å². The summed E-state index contributed by atoms with van der Waals surface area (Å²) < 4.78 is 47.8. The van der Waals surface area contributed by atoms with Gasteiger partial charge in [-0.15, -0.1) is 11.3 Å². The number of benzene rings is 1. The van der Waals surface area contributed by atoms with Crippen LogP contribution < -0.4 is 15.5 Å². The van der Waals surface area contributed by atoms with Crippen LogP contribution in [0, 0.1) is 5.92 Å². The van der Waals surface area contributed by atoms with E-state index in [1.807, 2.05) is 11.8 Å². The van der Waals surface area contributed by atoms with E-state index in [0.29, 0.717) is 28.2 Å². The Balaban J connectivity index is 1.56. The molecule has 1 aromatic heterocycles. The molecule has 3 amide bonds. The number of morpholine rings is 1. The fraction of sp³-hybridized carbons (Fsp3) is 0.500. The molecule has 13 heteroatoms. The Hall–Kier alpha value is -2.67. The summed E-state index contributed by atoms with van der Waals surface area (Å²) in [5.41, 5.74) is -1.41. The molecule has 2 heterocycles. The van der Waals surface area contributed by atoms with Crippen LogP contribution in [0.2, 0.25) is 4.34 Å². The molecule has 0 spiro atoms. The molecule has 2 N–H and O–H groups in total. The summed E-state index contributed by atoms with van der Waals surface area (Å²) >= 11 is 7.02. The van der Waals surface area contributed by atoms with Gasteiger partial charge in [0.2, 0.25) is 5.91 Å². The van der Waals surface area contributed by atoms with Gasteiger partial charge in [-0.3, -0.25) is 19.3 Å². The maximum absolute atomic E-state index is 14.1. The number of carbonyl (C=O) groups is 3. The molecule has 1 aliphatic heterocycles. The van der Waals surface area contributed by atoms with Crippen molar-refractivity contribution in [3.8, 4) is 0 Å². The monoisotopic (exact) mass is 586 g/mol. The lowest BCUT2D eigenvalue weighted by atomic mass is 9.85. The zero-order valence-corrected chi connectivity index (χ0v) is 22.9. The van der Waals surface area contributed by atoms with Crippen molar-refractivity contribution in [3.63, 3.8) is 0 Å². The lowest BCUT2D eigenvalue weighted by molar-refractivity contribution is -0.137. The van der Waals surface area contributed by atoms with Gasteiger partial charge in [0.1, 0.15) is 12.6 Å². The van der Waals surface area contributed by atoms with E-state index in [-0.39, 0.29) is 32.0 Å². The molecule has 8 nitrogen and oxygen atoms in total. The SMILES string of the molecule is CCN(CC1CCC1)[C@@H](CNC(=O)c1ccc(Cl)s1)C(=O)Nc1ccc(N2CCOCC2=O)cc1C(F)(F)F. The van der Waals surface area contributed by atoms with Crippen molar-refractivity contribution in [1.29, 1.82) is 0 Å². The number of hydrogen-bond donors (Lipinski definition) is 2. The van der Waals surface area contributed by atoms with E-state index in [2.05, 4.69) is 10.6 Å². The van der Waals surface area contributed by atoms with Gasteiger partial charge in [0.25, 0.3) is 11.8 Å². The molecular weight excluding hydrogens is 557 g/mol. The van der Waals surface area contributed by atoms with Gasteiger partial charge in [-0.2, -0.15) is 13.2 Å². The number of nitrogens with zero attached hydrogens (tertiary/aromatic N) is 2. The first-order valence-corrected chi connectivity index (χ1v) is 13.9. The normalized spacial score (nSPS) is 17.2. The Morgan fingerprint density at radius 1 is 1.26 bits per heavy atom. The minimum atomic E-state index is -4.79. The topological polar surface area (TPSA) is 91.0 Å². The summed E-state index contributed by atoms with van der Waals surface area (Å²) in [7, 11) is 0. The Labute approximate surface area is 233 Å². The van der Waals surface area contributed by atoms with Crippen LogP contribution in [0.3, 0.4) is 0 Å². The van der Waals surface area contributed by atoms with Crippen LogP contribution in [0.5, 0.6) is 0 Å². The number of carbonyl (C=O) groups excluding carboxylic acids is 3. The van der Waals surface area contributed by atoms with E-state index in [1.165, 1.54) is 11.0 Å². The molecule has 2 aliphatic rings. The summed E-state index contributed by atoms with van der Waals surface area (Å²) in [4.78, 5) is 41.8. The van der Waals surface area contributed by atoms with E-state index in [0.717, 1.165) is 42.7 Å². The Kier molecular flexibility index (Phi) is 9.52. The minimum absolute atomic E-state index is 0.0761. The molecule has 0 bridgehead atoms. The van der Waals surface area contributed by atoms with Crippen molar-refractivity contribution in [2.45, 2.75) is 38.4 Å². The number of likely N-dealkylation sites (N-methyl/N-ethyl adjacent to an activating group) is 1. The summed E-state index contributed by atoms with van der Waals surface area (Å²) in [5.74, 6) is -1.13. The zero-order chi connectivity index (χ0) is 28.2. The average molecular weight is 587 g/mol. The number of nitrogens with one attached hydrogen (secondary N) is 2. The first kappa shape index (κ1) is 29.3. The van der Waals surface area contributed by atoms with E-state index >= 15 is 0 Å². The maximum Gasteiger partial charge on any atom is 0.418 e. The number of anilines is 2. The van der Waals surface area contributed by atoms with Crippen LogP contribution in [0.4, 0.5) is 24.5 Å². The second-order valence-corrected chi connectivity index (χ2v) is 11.2. The molecule has 1 saturated carbocycles. The summed E-state index contributed by atoms with van der Waals surface area (Å²) in [5, 5.41) is 5.19. The predicted octanol–water partition coefficient (Wildman–Crippen LogP) is 4.64. The van der Waals surface area contributed by atoms with Gasteiger partial charge >= 0.3 is 6.18 Å². The molecule has 39 heavy (non-hydrogen) atoms. The average Bonchev–Trinajstić information content (AvgIpc) is 3.31. The lowest BCUT2D eigenvalue weighted by Crippen LogP contribution is -2.52. The third-order valence-corrected chi connectivity index (χ3v) is 8.21. The van der Waals surface area contributed by atoms with Crippen molar-refractivity contribution >= 4 is 52.0 Å². The number of ether oxygens (including phenoxy) is 1. The zero-order valence-electron chi connectivity index (χ0n) is 21.4. The molecule has 2 fully saturated rings. The van der Waals surface area contributed by atoms with Gasteiger partial charge < -0.3 is 20.3 Å². The van der Waals surface area contributed by atoms with Crippen LogP contribution >= 0.6 is 22.9 Å². The number of rotatable bonds is 10. The number of halogens is 4. The van der Waals surface area contributed by atoms with Gasteiger partial charge in [0.15, 0.2) is 0 Å². The summed E-state index contributed by atoms with van der Waals surface area (Å²) in [6.45, 7) is 2.98. The van der Waals surface area contributed by atoms with Gasteiger partial charge in [-0.25, -0.2) is 0 Å². The number of alkyl halides is 3. The summed E-state index contributed by atoms with van der Waals surface area (Å²) in [6.07, 6.45) is -1.65. The highest BCUT2D eigenvalue weighted by molar-refractivity contribution is 7.18.